The zero-order valence-corrected chi connectivity index (χ0v) is 12.1. The number of H-pyrrole nitrogens is 1. The Morgan fingerprint density at radius 1 is 1.38 bits per heavy atom. The van der Waals surface area contributed by atoms with Gasteiger partial charge in [0.05, 0.1) is 6.04 Å². The Bertz CT molecular complexity index is 719. The van der Waals surface area contributed by atoms with Crippen molar-refractivity contribution >= 4 is 22.8 Å². The third kappa shape index (κ3) is 2.00. The lowest BCUT2D eigenvalue weighted by atomic mass is 9.90. The van der Waals surface area contributed by atoms with Gasteiger partial charge in [-0.05, 0) is 18.1 Å². The van der Waals surface area contributed by atoms with Gasteiger partial charge in [-0.15, -0.1) is 0 Å². The first-order valence-corrected chi connectivity index (χ1v) is 7.15. The number of aliphatic carboxylic acids is 1. The molecule has 2 aromatic rings. The second-order valence-corrected chi connectivity index (χ2v) is 5.47. The molecule has 1 aliphatic rings. The third-order valence-corrected chi connectivity index (χ3v) is 4.28. The highest BCUT2D eigenvalue weighted by Crippen LogP contribution is 2.38. The van der Waals surface area contributed by atoms with E-state index < -0.39 is 12.0 Å². The van der Waals surface area contributed by atoms with Crippen molar-refractivity contribution in [1.82, 2.24) is 9.88 Å². The normalized spacial score (nSPS) is 21.3. The lowest BCUT2D eigenvalue weighted by molar-refractivity contribution is -0.152. The summed E-state index contributed by atoms with van der Waals surface area (Å²) in [6, 6.07) is 6.88. The first kappa shape index (κ1) is 13.7. The van der Waals surface area contributed by atoms with E-state index in [2.05, 4.69) is 4.98 Å². The molecule has 0 spiro atoms. The molecule has 0 aliphatic carbocycles. The topological polar surface area (TPSA) is 73.4 Å². The molecule has 1 aliphatic heterocycles. The maximum absolute atomic E-state index is 12.0. The predicted molar refractivity (Wildman–Crippen MR) is 79.0 cm³/mol. The van der Waals surface area contributed by atoms with Crippen molar-refractivity contribution in [1.29, 1.82) is 0 Å². The summed E-state index contributed by atoms with van der Waals surface area (Å²) in [5, 5.41) is 10.6. The van der Waals surface area contributed by atoms with Gasteiger partial charge >= 0.3 is 5.97 Å². The van der Waals surface area contributed by atoms with E-state index in [1.54, 1.807) is 0 Å². The van der Waals surface area contributed by atoms with Crippen LogP contribution in [-0.2, 0) is 16.0 Å². The fourth-order valence-electron chi connectivity index (χ4n) is 3.42. The lowest BCUT2D eigenvalue weighted by Gasteiger charge is -2.39. The molecule has 110 valence electrons. The number of carbonyl (C=O) groups excluding carboxylic acids is 1. The average Bonchev–Trinajstić information content (AvgIpc) is 2.83. The van der Waals surface area contributed by atoms with Crippen molar-refractivity contribution in [2.75, 3.05) is 0 Å². The van der Waals surface area contributed by atoms with E-state index in [-0.39, 0.29) is 11.9 Å². The maximum atomic E-state index is 12.0. The Kier molecular flexibility index (Phi) is 3.20. The Morgan fingerprint density at radius 2 is 2.10 bits per heavy atom. The van der Waals surface area contributed by atoms with Crippen LogP contribution in [0.15, 0.2) is 24.3 Å². The number of carboxylic acids is 1. The molecule has 1 amide bonds. The molecule has 1 aromatic carbocycles. The number of para-hydroxylation sites is 1. The number of carbonyl (C=O) groups is 2. The van der Waals surface area contributed by atoms with Crippen LogP contribution in [-0.4, -0.2) is 32.9 Å². The summed E-state index contributed by atoms with van der Waals surface area (Å²) in [6.07, 6.45) is 1.04. The van der Waals surface area contributed by atoms with Gasteiger partial charge in [0.2, 0.25) is 5.91 Å². The van der Waals surface area contributed by atoms with Crippen LogP contribution < -0.4 is 0 Å². The minimum atomic E-state index is -0.945. The second-order valence-electron chi connectivity index (χ2n) is 5.47. The number of benzene rings is 1. The van der Waals surface area contributed by atoms with Gasteiger partial charge in [0.15, 0.2) is 0 Å². The van der Waals surface area contributed by atoms with E-state index >= 15 is 0 Å². The van der Waals surface area contributed by atoms with Crippen LogP contribution in [0.5, 0.6) is 0 Å². The second kappa shape index (κ2) is 4.91. The minimum absolute atomic E-state index is 0.196. The first-order chi connectivity index (χ1) is 10.0. The zero-order chi connectivity index (χ0) is 15.1. The minimum Gasteiger partial charge on any atom is -0.480 e. The summed E-state index contributed by atoms with van der Waals surface area (Å²) in [5.74, 6) is -1.14. The Hall–Kier alpha value is -2.30. The van der Waals surface area contributed by atoms with Crippen molar-refractivity contribution in [3.05, 3.63) is 35.5 Å². The van der Waals surface area contributed by atoms with Gasteiger partial charge in [0.25, 0.3) is 0 Å². The smallest absolute Gasteiger partial charge is 0.326 e. The predicted octanol–water partition coefficient (Wildman–Crippen LogP) is 2.48. The van der Waals surface area contributed by atoms with Gasteiger partial charge in [-0.1, -0.05) is 25.1 Å². The molecule has 5 nitrogen and oxygen atoms in total. The van der Waals surface area contributed by atoms with Crippen molar-refractivity contribution in [3.63, 3.8) is 0 Å². The molecule has 1 aromatic heterocycles. The summed E-state index contributed by atoms with van der Waals surface area (Å²) < 4.78 is 0. The van der Waals surface area contributed by atoms with Gasteiger partial charge in [0.1, 0.15) is 6.04 Å². The van der Waals surface area contributed by atoms with Gasteiger partial charge in [-0.3, -0.25) is 4.79 Å². The number of aromatic amines is 1. The molecule has 2 atom stereocenters. The molecule has 0 unspecified atom stereocenters. The number of fused-ring (bicyclic) bond motifs is 3. The molecular weight excluding hydrogens is 268 g/mol. The van der Waals surface area contributed by atoms with Gasteiger partial charge in [0, 0.05) is 29.9 Å². The molecule has 2 heterocycles. The van der Waals surface area contributed by atoms with Crippen LogP contribution in [0.4, 0.5) is 0 Å². The number of nitrogens with one attached hydrogen (secondary N) is 1. The molecule has 0 radical (unpaired) electrons. The first-order valence-electron chi connectivity index (χ1n) is 7.15. The molecule has 0 saturated carbocycles. The summed E-state index contributed by atoms with van der Waals surface area (Å²) in [7, 11) is 0. The average molecular weight is 286 g/mol. The molecule has 0 bridgehead atoms. The Balaban J connectivity index is 2.22. The van der Waals surface area contributed by atoms with Crippen LogP contribution in [0.3, 0.4) is 0 Å². The van der Waals surface area contributed by atoms with E-state index in [9.17, 15) is 14.7 Å². The van der Waals surface area contributed by atoms with Crippen LogP contribution in [0.25, 0.3) is 10.9 Å². The van der Waals surface area contributed by atoms with Crippen LogP contribution in [0, 0.1) is 0 Å². The fraction of sp³-hybridized carbons (Fsp3) is 0.375. The van der Waals surface area contributed by atoms with Crippen LogP contribution in [0.1, 0.15) is 37.6 Å². The number of hydrogen-bond acceptors (Lipinski definition) is 2. The van der Waals surface area contributed by atoms with Crippen molar-refractivity contribution in [2.45, 2.75) is 38.8 Å². The number of amides is 1. The number of rotatable bonds is 2. The van der Waals surface area contributed by atoms with Crippen LogP contribution in [0.2, 0.25) is 0 Å². The number of carboxylic acid groups (broad SMARTS) is 1. The molecule has 3 rings (SSSR count). The number of hydrogen-bond donors (Lipinski definition) is 2. The van der Waals surface area contributed by atoms with E-state index in [4.69, 9.17) is 0 Å². The molecule has 2 N–H and O–H groups in total. The van der Waals surface area contributed by atoms with Crippen molar-refractivity contribution in [2.24, 2.45) is 0 Å². The third-order valence-electron chi connectivity index (χ3n) is 4.28. The maximum Gasteiger partial charge on any atom is 0.326 e. The molecular formula is C16H18N2O3. The fourth-order valence-corrected chi connectivity index (χ4v) is 3.42. The lowest BCUT2D eigenvalue weighted by Crippen LogP contribution is -2.50. The van der Waals surface area contributed by atoms with Gasteiger partial charge in [-0.25, -0.2) is 4.79 Å². The highest BCUT2D eigenvalue weighted by atomic mass is 16.4. The standard InChI is InChI=1S/C16H18N2O3/c1-3-13-15-11(10-6-4-5-7-12(10)17-15)8-14(16(20)21)18(13)9(2)19/h4-7,13-14,17H,3,8H2,1-2H3,(H,20,21)/t13-,14-/m0/s1. The van der Waals surface area contributed by atoms with E-state index in [1.807, 2.05) is 31.2 Å². The number of aromatic nitrogens is 1. The zero-order valence-electron chi connectivity index (χ0n) is 12.1. The summed E-state index contributed by atoms with van der Waals surface area (Å²) in [4.78, 5) is 28.4. The van der Waals surface area contributed by atoms with Crippen molar-refractivity contribution in [3.8, 4) is 0 Å². The van der Waals surface area contributed by atoms with Gasteiger partial charge < -0.3 is 15.0 Å². The summed E-state index contributed by atoms with van der Waals surface area (Å²) in [5.41, 5.74) is 3.00. The summed E-state index contributed by atoms with van der Waals surface area (Å²) in [6.45, 7) is 3.41. The Morgan fingerprint density at radius 3 is 2.71 bits per heavy atom. The highest BCUT2D eigenvalue weighted by molar-refractivity contribution is 5.89. The van der Waals surface area contributed by atoms with E-state index in [0.717, 1.165) is 22.2 Å². The van der Waals surface area contributed by atoms with E-state index in [1.165, 1.54) is 11.8 Å². The quantitative estimate of drug-likeness (QED) is 0.890. The van der Waals surface area contributed by atoms with E-state index in [0.29, 0.717) is 12.8 Å². The van der Waals surface area contributed by atoms with Crippen LogP contribution >= 0.6 is 0 Å². The molecule has 5 heteroatoms. The SMILES string of the molecule is CC[C@H]1c2[nH]c3ccccc3c2C[C@@H](C(=O)O)N1C(C)=O. The highest BCUT2D eigenvalue weighted by Gasteiger charge is 2.40. The Labute approximate surface area is 122 Å². The molecule has 21 heavy (non-hydrogen) atoms. The molecule has 0 fully saturated rings. The van der Waals surface area contributed by atoms with Crippen molar-refractivity contribution < 1.29 is 14.7 Å². The summed E-state index contributed by atoms with van der Waals surface area (Å²) >= 11 is 0. The molecule has 0 saturated heterocycles. The largest absolute Gasteiger partial charge is 0.480 e. The number of nitrogens with zero attached hydrogens (tertiary/aromatic N) is 1. The monoisotopic (exact) mass is 286 g/mol. The van der Waals surface area contributed by atoms with Gasteiger partial charge in [-0.2, -0.15) is 0 Å².